The maximum atomic E-state index is 15.0. The van der Waals surface area contributed by atoms with Crippen molar-refractivity contribution in [3.63, 3.8) is 0 Å². The Labute approximate surface area is 200 Å². The second kappa shape index (κ2) is 8.09. The Hall–Kier alpha value is -4.46. The van der Waals surface area contributed by atoms with Gasteiger partial charge in [0.25, 0.3) is 11.8 Å². The number of para-hydroxylation sites is 2. The number of aliphatic imine (C=N–C) groups is 1. The summed E-state index contributed by atoms with van der Waals surface area (Å²) in [5.74, 6) is -1.27. The lowest BCUT2D eigenvalue weighted by atomic mass is 9.97. The molecule has 8 heteroatoms. The highest BCUT2D eigenvalue weighted by atomic mass is 19.1. The standard InChI is InChI=1S/C27H22FN5O2/c1-32-13-14-33-24-18(9-6-12-22(24)32)23(17-8-3-4-10-19(17)28)30-25(27(33)35)31-26(34)21-15-16-7-2-5-11-20(16)29-21/h2-12,15,25,29H,13-14H2,1H3,(H,31,34). The molecule has 0 fully saturated rings. The smallest absolute Gasteiger partial charge is 0.272 e. The van der Waals surface area contributed by atoms with Gasteiger partial charge in [0.1, 0.15) is 11.5 Å². The molecular formula is C27H22FN5O2. The molecule has 0 bridgehead atoms. The van der Waals surface area contributed by atoms with Crippen molar-refractivity contribution in [2.24, 2.45) is 4.99 Å². The molecule has 0 spiro atoms. The van der Waals surface area contributed by atoms with Crippen LogP contribution >= 0.6 is 0 Å². The summed E-state index contributed by atoms with van der Waals surface area (Å²) in [7, 11) is 1.96. The predicted octanol–water partition coefficient (Wildman–Crippen LogP) is 3.70. The molecule has 35 heavy (non-hydrogen) atoms. The summed E-state index contributed by atoms with van der Waals surface area (Å²) in [5.41, 5.74) is 3.92. The number of H-pyrrole nitrogens is 1. The summed E-state index contributed by atoms with van der Waals surface area (Å²) in [4.78, 5) is 38.4. The highest BCUT2D eigenvalue weighted by Crippen LogP contribution is 2.39. The fourth-order valence-electron chi connectivity index (χ4n) is 4.78. The van der Waals surface area contributed by atoms with Crippen LogP contribution in [0.1, 0.15) is 21.6 Å². The number of nitrogens with one attached hydrogen (secondary N) is 2. The second-order valence-corrected chi connectivity index (χ2v) is 8.69. The summed E-state index contributed by atoms with van der Waals surface area (Å²) in [5, 5.41) is 3.66. The van der Waals surface area contributed by atoms with Crippen molar-refractivity contribution in [2.75, 3.05) is 29.9 Å². The molecule has 2 N–H and O–H groups in total. The van der Waals surface area contributed by atoms with Crippen LogP contribution in [0.4, 0.5) is 15.8 Å². The maximum Gasteiger partial charge on any atom is 0.272 e. The lowest BCUT2D eigenvalue weighted by Crippen LogP contribution is -2.51. The van der Waals surface area contributed by atoms with Crippen molar-refractivity contribution in [1.82, 2.24) is 10.3 Å². The van der Waals surface area contributed by atoms with E-state index < -0.39 is 17.9 Å². The van der Waals surface area contributed by atoms with Gasteiger partial charge in [0.2, 0.25) is 6.17 Å². The van der Waals surface area contributed by atoms with Gasteiger partial charge in [-0.3, -0.25) is 9.59 Å². The van der Waals surface area contributed by atoms with Gasteiger partial charge in [0.15, 0.2) is 0 Å². The van der Waals surface area contributed by atoms with Crippen LogP contribution in [0, 0.1) is 5.82 Å². The van der Waals surface area contributed by atoms with Gasteiger partial charge in [0.05, 0.1) is 17.1 Å². The van der Waals surface area contributed by atoms with Crippen LogP contribution < -0.4 is 15.1 Å². The Balaban J connectivity index is 1.47. The number of anilines is 2. The van der Waals surface area contributed by atoms with Gasteiger partial charge in [-0.15, -0.1) is 0 Å². The average molecular weight is 468 g/mol. The first kappa shape index (κ1) is 21.1. The van der Waals surface area contributed by atoms with Gasteiger partial charge in [-0.2, -0.15) is 0 Å². The van der Waals surface area contributed by atoms with Crippen molar-refractivity contribution < 1.29 is 14.0 Å². The number of carbonyl (C=O) groups is 2. The first-order chi connectivity index (χ1) is 17.0. The van der Waals surface area contributed by atoms with Crippen molar-refractivity contribution in [2.45, 2.75) is 6.17 Å². The second-order valence-electron chi connectivity index (χ2n) is 8.69. The van der Waals surface area contributed by atoms with Gasteiger partial charge < -0.3 is 20.1 Å². The highest BCUT2D eigenvalue weighted by Gasteiger charge is 2.37. The molecule has 0 aliphatic carbocycles. The van der Waals surface area contributed by atoms with Crippen LogP contribution in [0.15, 0.2) is 77.8 Å². The molecule has 2 aliphatic rings. The Kier molecular flexibility index (Phi) is 4.88. The van der Waals surface area contributed by atoms with Crippen LogP contribution in [0.5, 0.6) is 0 Å². The van der Waals surface area contributed by atoms with E-state index in [-0.39, 0.29) is 11.5 Å². The van der Waals surface area contributed by atoms with E-state index in [1.807, 2.05) is 49.5 Å². The average Bonchev–Trinajstić information content (AvgIpc) is 3.27. The Morgan fingerprint density at radius 2 is 1.80 bits per heavy atom. The van der Waals surface area contributed by atoms with Crippen LogP contribution in [-0.4, -0.2) is 48.8 Å². The maximum absolute atomic E-state index is 15.0. The molecule has 0 radical (unpaired) electrons. The number of hydrogen-bond acceptors (Lipinski definition) is 4. The first-order valence-corrected chi connectivity index (χ1v) is 11.4. The number of amides is 2. The molecule has 4 aromatic rings. The van der Waals surface area contributed by atoms with Crippen LogP contribution in [0.2, 0.25) is 0 Å². The molecule has 174 valence electrons. The Bertz CT molecular complexity index is 1490. The van der Waals surface area contributed by atoms with E-state index in [9.17, 15) is 14.0 Å². The summed E-state index contributed by atoms with van der Waals surface area (Å²) < 4.78 is 15.0. The molecule has 7 nitrogen and oxygen atoms in total. The molecule has 0 saturated heterocycles. The molecule has 2 aliphatic heterocycles. The van der Waals surface area contributed by atoms with Gasteiger partial charge in [0, 0.05) is 42.2 Å². The number of aromatic amines is 1. The minimum Gasteiger partial charge on any atom is -0.371 e. The van der Waals surface area contributed by atoms with E-state index in [0.717, 1.165) is 16.6 Å². The van der Waals surface area contributed by atoms with Crippen molar-refractivity contribution >= 4 is 39.8 Å². The Morgan fingerprint density at radius 1 is 1.03 bits per heavy atom. The highest BCUT2D eigenvalue weighted by molar-refractivity contribution is 6.22. The van der Waals surface area contributed by atoms with Crippen molar-refractivity contribution in [1.29, 1.82) is 0 Å². The number of halogens is 1. The van der Waals surface area contributed by atoms with Crippen LogP contribution in [-0.2, 0) is 4.79 Å². The fourth-order valence-corrected chi connectivity index (χ4v) is 4.78. The summed E-state index contributed by atoms with van der Waals surface area (Å²) in [6.07, 6.45) is -1.22. The predicted molar refractivity (Wildman–Crippen MR) is 134 cm³/mol. The molecule has 2 amide bonds. The zero-order chi connectivity index (χ0) is 24.1. The minimum absolute atomic E-state index is 0.272. The molecule has 6 rings (SSSR count). The van der Waals surface area contributed by atoms with Crippen molar-refractivity contribution in [3.05, 3.63) is 95.4 Å². The number of aromatic nitrogens is 1. The third-order valence-corrected chi connectivity index (χ3v) is 6.54. The zero-order valence-electron chi connectivity index (χ0n) is 19.0. The number of fused-ring (bicyclic) bond motifs is 1. The monoisotopic (exact) mass is 467 g/mol. The van der Waals surface area contributed by atoms with E-state index >= 15 is 0 Å². The van der Waals surface area contributed by atoms with E-state index in [1.54, 1.807) is 29.2 Å². The topological polar surface area (TPSA) is 80.8 Å². The van der Waals surface area contributed by atoms with Gasteiger partial charge in [-0.25, -0.2) is 9.38 Å². The summed E-state index contributed by atoms with van der Waals surface area (Å²) in [6, 6.07) is 21.2. The fraction of sp³-hybridized carbons (Fsp3) is 0.148. The quantitative estimate of drug-likeness (QED) is 0.482. The van der Waals surface area contributed by atoms with Crippen LogP contribution in [0.3, 0.4) is 0 Å². The largest absolute Gasteiger partial charge is 0.371 e. The third-order valence-electron chi connectivity index (χ3n) is 6.54. The molecular weight excluding hydrogens is 445 g/mol. The van der Waals surface area contributed by atoms with Gasteiger partial charge in [-0.1, -0.05) is 42.5 Å². The van der Waals surface area contributed by atoms with Crippen LogP contribution in [0.25, 0.3) is 10.9 Å². The van der Waals surface area contributed by atoms with E-state index in [1.165, 1.54) is 6.07 Å². The number of rotatable bonds is 3. The van der Waals surface area contributed by atoms with Crippen molar-refractivity contribution in [3.8, 4) is 0 Å². The minimum atomic E-state index is -1.22. The number of nitrogens with zero attached hydrogens (tertiary/aromatic N) is 3. The molecule has 1 aromatic heterocycles. The normalized spacial score (nSPS) is 17.1. The van der Waals surface area contributed by atoms with Gasteiger partial charge in [-0.05, 0) is 30.3 Å². The summed E-state index contributed by atoms with van der Waals surface area (Å²) in [6.45, 7) is 1.05. The van der Waals surface area contributed by atoms with E-state index in [2.05, 4.69) is 20.2 Å². The zero-order valence-corrected chi connectivity index (χ0v) is 19.0. The lowest BCUT2D eigenvalue weighted by molar-refractivity contribution is -0.120. The summed E-state index contributed by atoms with van der Waals surface area (Å²) >= 11 is 0. The first-order valence-electron chi connectivity index (χ1n) is 11.4. The number of hydrogen-bond donors (Lipinski definition) is 2. The van der Waals surface area contributed by atoms with Gasteiger partial charge >= 0.3 is 0 Å². The molecule has 3 aromatic carbocycles. The van der Waals surface area contributed by atoms with E-state index in [0.29, 0.717) is 35.7 Å². The molecule has 1 unspecified atom stereocenters. The number of likely N-dealkylation sites (N-methyl/N-ethyl adjacent to an activating group) is 1. The van der Waals surface area contributed by atoms with E-state index in [4.69, 9.17) is 0 Å². The lowest BCUT2D eigenvalue weighted by Gasteiger charge is -2.36. The molecule has 0 saturated carbocycles. The molecule has 3 heterocycles. The third kappa shape index (κ3) is 3.45. The Morgan fingerprint density at radius 3 is 2.63 bits per heavy atom. The number of benzene rings is 3. The SMILES string of the molecule is CN1CCN2C(=O)C(NC(=O)c3cc4ccccc4[nH]3)N=C(c3ccccc3F)c3cccc1c32. The molecule has 1 atom stereocenters. The number of carbonyl (C=O) groups excluding carboxylic acids is 2.